The molecule has 114 valence electrons. The number of benzene rings is 1. The van der Waals surface area contributed by atoms with Crippen LogP contribution in [0.3, 0.4) is 0 Å². The lowest BCUT2D eigenvalue weighted by Crippen LogP contribution is -2.36. The van der Waals surface area contributed by atoms with Crippen LogP contribution < -0.4 is 0 Å². The quantitative estimate of drug-likeness (QED) is 0.610. The molecule has 1 heterocycles. The Hall–Kier alpha value is -1.11. The van der Waals surface area contributed by atoms with Gasteiger partial charge in [-0.3, -0.25) is 9.59 Å². The van der Waals surface area contributed by atoms with Crippen molar-refractivity contribution in [3.63, 3.8) is 0 Å². The maximum absolute atomic E-state index is 12.7. The first-order chi connectivity index (χ1) is 9.91. The van der Waals surface area contributed by atoms with Crippen molar-refractivity contribution < 1.29 is 14.7 Å². The van der Waals surface area contributed by atoms with Gasteiger partial charge in [0.15, 0.2) is 0 Å². The highest BCUT2D eigenvalue weighted by Gasteiger charge is 2.54. The van der Waals surface area contributed by atoms with Crippen molar-refractivity contribution in [1.29, 1.82) is 0 Å². The highest BCUT2D eigenvalue weighted by Crippen LogP contribution is 2.42. The molecule has 0 aromatic heterocycles. The molecule has 5 heteroatoms. The van der Waals surface area contributed by atoms with Crippen molar-refractivity contribution >= 4 is 34.5 Å². The normalized spacial score (nSPS) is 26.9. The van der Waals surface area contributed by atoms with Gasteiger partial charge in [-0.05, 0) is 25.8 Å². The molecular formula is C16H20INO3. The highest BCUT2D eigenvalue weighted by atomic mass is 127. The standard InChI is InChI=1S/C16H20INO3/c1-11(12-6-4-3-5-7-12)18-10-16(2,15(20)21)13(8-9-17)14(18)19/h3-7,11,13H,8-10H2,1-2H3,(H,20,21)/t11-,13?,16-/m1/s1. The number of carboxylic acids is 1. The van der Waals surface area contributed by atoms with Gasteiger partial charge in [0.25, 0.3) is 0 Å². The summed E-state index contributed by atoms with van der Waals surface area (Å²) in [6.45, 7) is 3.93. The molecule has 1 amide bonds. The number of carbonyl (C=O) groups is 2. The van der Waals surface area contributed by atoms with E-state index >= 15 is 0 Å². The van der Waals surface area contributed by atoms with E-state index < -0.39 is 17.3 Å². The zero-order valence-electron chi connectivity index (χ0n) is 12.3. The maximum atomic E-state index is 12.7. The van der Waals surface area contributed by atoms with Gasteiger partial charge in [-0.25, -0.2) is 0 Å². The first kappa shape index (κ1) is 16.3. The Labute approximate surface area is 138 Å². The zero-order chi connectivity index (χ0) is 15.6. The lowest BCUT2D eigenvalue weighted by molar-refractivity contribution is -0.150. The van der Waals surface area contributed by atoms with Crippen LogP contribution in [0, 0.1) is 11.3 Å². The summed E-state index contributed by atoms with van der Waals surface area (Å²) in [7, 11) is 0. The van der Waals surface area contributed by atoms with Crippen LogP contribution in [0.25, 0.3) is 0 Å². The minimum absolute atomic E-state index is 0.0343. The summed E-state index contributed by atoms with van der Waals surface area (Å²) < 4.78 is 0.782. The Kier molecular flexibility index (Phi) is 4.91. The number of nitrogens with zero attached hydrogens (tertiary/aromatic N) is 1. The Bertz CT molecular complexity index is 534. The van der Waals surface area contributed by atoms with Crippen LogP contribution >= 0.6 is 22.6 Å². The molecule has 3 atom stereocenters. The van der Waals surface area contributed by atoms with Gasteiger partial charge in [0, 0.05) is 11.0 Å². The van der Waals surface area contributed by atoms with Gasteiger partial charge in [-0.2, -0.15) is 0 Å². The van der Waals surface area contributed by atoms with Gasteiger partial charge in [-0.1, -0.05) is 52.9 Å². The maximum Gasteiger partial charge on any atom is 0.311 e. The third-order valence-corrected chi connectivity index (χ3v) is 5.11. The van der Waals surface area contributed by atoms with Gasteiger partial charge in [-0.15, -0.1) is 0 Å². The molecular weight excluding hydrogens is 381 g/mol. The fourth-order valence-corrected chi connectivity index (χ4v) is 3.64. The van der Waals surface area contributed by atoms with Crippen molar-refractivity contribution in [3.05, 3.63) is 35.9 Å². The Balaban J connectivity index is 2.30. The third-order valence-electron chi connectivity index (χ3n) is 4.48. The summed E-state index contributed by atoms with van der Waals surface area (Å²) in [4.78, 5) is 26.1. The number of halogens is 1. The van der Waals surface area contributed by atoms with E-state index in [2.05, 4.69) is 22.6 Å². The first-order valence-electron chi connectivity index (χ1n) is 7.06. The molecule has 0 aliphatic carbocycles. The van der Waals surface area contributed by atoms with E-state index in [9.17, 15) is 14.7 Å². The van der Waals surface area contributed by atoms with Crippen LogP contribution in [0.1, 0.15) is 31.9 Å². The van der Waals surface area contributed by atoms with Crippen molar-refractivity contribution in [1.82, 2.24) is 4.90 Å². The Morgan fingerprint density at radius 1 is 1.48 bits per heavy atom. The molecule has 0 spiro atoms. The van der Waals surface area contributed by atoms with E-state index in [1.54, 1.807) is 11.8 Å². The highest BCUT2D eigenvalue weighted by molar-refractivity contribution is 14.1. The van der Waals surface area contributed by atoms with E-state index in [0.29, 0.717) is 6.42 Å². The molecule has 1 aromatic carbocycles. The van der Waals surface area contributed by atoms with Crippen LogP contribution in [-0.2, 0) is 9.59 Å². The molecule has 1 aliphatic rings. The SMILES string of the molecule is C[C@H](c1ccccc1)N1C[C@@](C)(C(=O)O)C(CCI)C1=O. The molecule has 0 bridgehead atoms. The van der Waals surface area contributed by atoms with Gasteiger partial charge in [0.1, 0.15) is 0 Å². The van der Waals surface area contributed by atoms with Gasteiger partial charge in [0.2, 0.25) is 5.91 Å². The van der Waals surface area contributed by atoms with Gasteiger partial charge >= 0.3 is 5.97 Å². The lowest BCUT2D eigenvalue weighted by atomic mass is 9.78. The van der Waals surface area contributed by atoms with Crippen LogP contribution in [0.2, 0.25) is 0 Å². The second-order valence-electron chi connectivity index (χ2n) is 5.81. The molecule has 0 radical (unpaired) electrons. The van der Waals surface area contributed by atoms with Crippen molar-refractivity contribution in [2.75, 3.05) is 11.0 Å². The predicted molar refractivity (Wildman–Crippen MR) is 89.3 cm³/mol. The fourth-order valence-electron chi connectivity index (χ4n) is 3.02. The van der Waals surface area contributed by atoms with Crippen LogP contribution in [0.15, 0.2) is 30.3 Å². The van der Waals surface area contributed by atoms with Crippen molar-refractivity contribution in [2.45, 2.75) is 26.3 Å². The minimum atomic E-state index is -0.995. The predicted octanol–water partition coefficient (Wildman–Crippen LogP) is 3.12. The molecule has 1 N–H and O–H groups in total. The number of likely N-dealkylation sites (tertiary alicyclic amines) is 1. The van der Waals surface area contributed by atoms with E-state index in [4.69, 9.17) is 0 Å². The monoisotopic (exact) mass is 401 g/mol. The number of hydrogen-bond acceptors (Lipinski definition) is 2. The molecule has 4 nitrogen and oxygen atoms in total. The number of hydrogen-bond donors (Lipinski definition) is 1. The molecule has 1 saturated heterocycles. The number of carboxylic acid groups (broad SMARTS) is 1. The number of amides is 1. The first-order valence-corrected chi connectivity index (χ1v) is 8.59. The molecule has 1 aliphatic heterocycles. The number of alkyl halides is 1. The fraction of sp³-hybridized carbons (Fsp3) is 0.500. The van der Waals surface area contributed by atoms with E-state index in [1.165, 1.54) is 0 Å². The summed E-state index contributed by atoms with van der Waals surface area (Å²) in [6.07, 6.45) is 0.611. The zero-order valence-corrected chi connectivity index (χ0v) is 14.4. The molecule has 21 heavy (non-hydrogen) atoms. The third kappa shape index (κ3) is 2.93. The molecule has 0 saturated carbocycles. The van der Waals surface area contributed by atoms with Crippen LogP contribution in [-0.4, -0.2) is 32.9 Å². The summed E-state index contributed by atoms with van der Waals surface area (Å²) in [5.41, 5.74) is 0.0411. The summed E-state index contributed by atoms with van der Waals surface area (Å²) in [6, 6.07) is 9.65. The van der Waals surface area contributed by atoms with E-state index in [0.717, 1.165) is 9.99 Å². The Morgan fingerprint density at radius 2 is 2.10 bits per heavy atom. The molecule has 1 aromatic rings. The van der Waals surface area contributed by atoms with Crippen molar-refractivity contribution in [2.24, 2.45) is 11.3 Å². The van der Waals surface area contributed by atoms with Gasteiger partial charge < -0.3 is 10.0 Å². The van der Waals surface area contributed by atoms with E-state index in [-0.39, 0.29) is 18.5 Å². The van der Waals surface area contributed by atoms with Crippen LogP contribution in [0.5, 0.6) is 0 Å². The minimum Gasteiger partial charge on any atom is -0.481 e. The molecule has 1 fully saturated rings. The second-order valence-corrected chi connectivity index (χ2v) is 6.88. The smallest absolute Gasteiger partial charge is 0.311 e. The lowest BCUT2D eigenvalue weighted by Gasteiger charge is -2.26. The van der Waals surface area contributed by atoms with Crippen molar-refractivity contribution in [3.8, 4) is 0 Å². The average molecular weight is 401 g/mol. The second kappa shape index (κ2) is 6.34. The average Bonchev–Trinajstić information content (AvgIpc) is 2.74. The van der Waals surface area contributed by atoms with Gasteiger partial charge in [0.05, 0.1) is 17.4 Å². The number of rotatable bonds is 5. The Morgan fingerprint density at radius 3 is 2.62 bits per heavy atom. The summed E-state index contributed by atoms with van der Waals surface area (Å²) >= 11 is 2.20. The summed E-state index contributed by atoms with van der Waals surface area (Å²) in [5, 5.41) is 9.58. The molecule has 2 rings (SSSR count). The van der Waals surface area contributed by atoms with E-state index in [1.807, 2.05) is 37.3 Å². The number of carbonyl (C=O) groups excluding carboxylic acids is 1. The topological polar surface area (TPSA) is 57.6 Å². The largest absolute Gasteiger partial charge is 0.481 e. The van der Waals surface area contributed by atoms with Crippen LogP contribution in [0.4, 0.5) is 0 Å². The summed E-state index contributed by atoms with van der Waals surface area (Å²) in [5.74, 6) is -1.35. The molecule has 1 unspecified atom stereocenters. The number of aliphatic carboxylic acids is 1.